The van der Waals surface area contributed by atoms with Crippen molar-refractivity contribution in [2.24, 2.45) is 16.8 Å². The summed E-state index contributed by atoms with van der Waals surface area (Å²) in [6.45, 7) is 9.91. The number of morpholine rings is 1. The van der Waals surface area contributed by atoms with Gasteiger partial charge in [-0.15, -0.1) is 24.0 Å². The molecule has 3 fully saturated rings. The summed E-state index contributed by atoms with van der Waals surface area (Å²) in [6.07, 6.45) is 8.21. The van der Waals surface area contributed by atoms with Gasteiger partial charge in [-0.05, 0) is 44.4 Å². The van der Waals surface area contributed by atoms with E-state index in [-0.39, 0.29) is 36.2 Å². The maximum absolute atomic E-state index is 5.98. The summed E-state index contributed by atoms with van der Waals surface area (Å²) in [5, 5.41) is 3.49. The molecule has 0 spiro atoms. The molecule has 6 heteroatoms. The summed E-state index contributed by atoms with van der Waals surface area (Å²) in [5.74, 6) is 2.70. The van der Waals surface area contributed by atoms with Gasteiger partial charge in [0.15, 0.2) is 5.96 Å². The second kappa shape index (κ2) is 10.9. The molecule has 0 aromatic rings. The Morgan fingerprint density at radius 2 is 1.96 bits per heavy atom. The van der Waals surface area contributed by atoms with Gasteiger partial charge >= 0.3 is 0 Å². The van der Waals surface area contributed by atoms with Crippen LogP contribution < -0.4 is 5.32 Å². The van der Waals surface area contributed by atoms with Crippen molar-refractivity contribution in [1.82, 2.24) is 10.2 Å². The number of nitrogens with one attached hydrogen (secondary N) is 1. The highest BCUT2D eigenvalue weighted by Crippen LogP contribution is 2.28. The van der Waals surface area contributed by atoms with Gasteiger partial charge in [-0.3, -0.25) is 4.99 Å². The first-order valence-corrected chi connectivity index (χ1v) is 10.0. The smallest absolute Gasteiger partial charge is 0.194 e. The van der Waals surface area contributed by atoms with Crippen LogP contribution in [0.15, 0.2) is 4.99 Å². The van der Waals surface area contributed by atoms with E-state index in [2.05, 4.69) is 24.1 Å². The van der Waals surface area contributed by atoms with Crippen molar-refractivity contribution < 1.29 is 9.47 Å². The lowest BCUT2D eigenvalue weighted by Crippen LogP contribution is -2.53. The molecule has 0 radical (unpaired) electrons. The molecule has 5 nitrogen and oxygen atoms in total. The van der Waals surface area contributed by atoms with Gasteiger partial charge in [0.25, 0.3) is 0 Å². The highest BCUT2D eigenvalue weighted by Gasteiger charge is 2.32. The Bertz CT molecular complexity index is 415. The number of ether oxygens (including phenoxy) is 2. The van der Waals surface area contributed by atoms with Crippen LogP contribution in [0.25, 0.3) is 0 Å². The predicted octanol–water partition coefficient (Wildman–Crippen LogP) is 3.28. The van der Waals surface area contributed by atoms with E-state index in [1.165, 1.54) is 32.1 Å². The monoisotopic (exact) mass is 465 g/mol. The molecule has 0 bridgehead atoms. The van der Waals surface area contributed by atoms with Crippen LogP contribution in [0, 0.1) is 11.8 Å². The lowest BCUT2D eigenvalue weighted by atomic mass is 9.82. The number of nitrogens with zero attached hydrogens (tertiary/aromatic N) is 2. The van der Waals surface area contributed by atoms with Crippen LogP contribution in [0.4, 0.5) is 0 Å². The molecule has 146 valence electrons. The van der Waals surface area contributed by atoms with E-state index in [9.17, 15) is 0 Å². The van der Waals surface area contributed by atoms with E-state index in [0.717, 1.165) is 63.6 Å². The van der Waals surface area contributed by atoms with Gasteiger partial charge in [0.05, 0.1) is 12.7 Å². The molecule has 1 aliphatic carbocycles. The van der Waals surface area contributed by atoms with Gasteiger partial charge < -0.3 is 19.7 Å². The van der Waals surface area contributed by atoms with Gasteiger partial charge in [-0.1, -0.05) is 19.8 Å². The molecule has 2 saturated heterocycles. The Hall–Kier alpha value is -0.0800. The maximum Gasteiger partial charge on any atom is 0.194 e. The third kappa shape index (κ3) is 6.24. The van der Waals surface area contributed by atoms with E-state index in [1.54, 1.807) is 0 Å². The normalized spacial score (nSPS) is 33.8. The Labute approximate surface area is 170 Å². The fourth-order valence-corrected chi connectivity index (χ4v) is 4.36. The third-order valence-electron chi connectivity index (χ3n) is 5.65. The van der Waals surface area contributed by atoms with Gasteiger partial charge in [-0.25, -0.2) is 0 Å². The van der Waals surface area contributed by atoms with Gasteiger partial charge in [0.1, 0.15) is 6.10 Å². The molecule has 0 amide bonds. The quantitative estimate of drug-likeness (QED) is 0.393. The van der Waals surface area contributed by atoms with Crippen molar-refractivity contribution in [3.63, 3.8) is 0 Å². The molecule has 4 atom stereocenters. The zero-order valence-electron chi connectivity index (χ0n) is 15.9. The van der Waals surface area contributed by atoms with Crippen LogP contribution in [0.2, 0.25) is 0 Å². The molecule has 2 aliphatic heterocycles. The number of halogens is 1. The topological polar surface area (TPSA) is 46.1 Å². The first-order chi connectivity index (χ1) is 11.8. The minimum Gasteiger partial charge on any atom is -0.375 e. The molecule has 4 unspecified atom stereocenters. The highest BCUT2D eigenvalue weighted by molar-refractivity contribution is 14.0. The Balaban J connectivity index is 0.00000225. The van der Waals surface area contributed by atoms with E-state index in [4.69, 9.17) is 14.5 Å². The standard InChI is InChI=1S/C19H35N3O2.HI/c1-3-20-19(21-13-16-7-4-6-15(2)12-16)22-9-11-24-18(14-22)17-8-5-10-23-17;/h15-18H,3-14H2,1-2H3,(H,20,21);1H. The van der Waals surface area contributed by atoms with Crippen LogP contribution in [0.1, 0.15) is 52.4 Å². The molecular weight excluding hydrogens is 429 g/mol. The fourth-order valence-electron chi connectivity index (χ4n) is 4.36. The van der Waals surface area contributed by atoms with Gasteiger partial charge in [0.2, 0.25) is 0 Å². The average Bonchev–Trinajstić information content (AvgIpc) is 3.13. The lowest BCUT2D eigenvalue weighted by Gasteiger charge is -2.37. The number of aliphatic imine (C=N–C) groups is 1. The first kappa shape index (κ1) is 21.2. The van der Waals surface area contributed by atoms with Crippen molar-refractivity contribution in [1.29, 1.82) is 0 Å². The van der Waals surface area contributed by atoms with E-state index >= 15 is 0 Å². The highest BCUT2D eigenvalue weighted by atomic mass is 127. The maximum atomic E-state index is 5.98. The summed E-state index contributed by atoms with van der Waals surface area (Å²) < 4.78 is 11.8. The Morgan fingerprint density at radius 1 is 1.12 bits per heavy atom. The number of hydrogen-bond acceptors (Lipinski definition) is 3. The Kier molecular flexibility index (Phi) is 9.27. The van der Waals surface area contributed by atoms with Crippen LogP contribution in [0.5, 0.6) is 0 Å². The number of guanidine groups is 1. The van der Waals surface area contributed by atoms with E-state index < -0.39 is 0 Å². The summed E-state index contributed by atoms with van der Waals surface area (Å²) in [7, 11) is 0. The molecule has 2 heterocycles. The largest absolute Gasteiger partial charge is 0.375 e. The van der Waals surface area contributed by atoms with Gasteiger partial charge in [0, 0.05) is 32.8 Å². The van der Waals surface area contributed by atoms with Crippen molar-refractivity contribution in [3.8, 4) is 0 Å². The van der Waals surface area contributed by atoms with Crippen molar-refractivity contribution in [2.75, 3.05) is 39.4 Å². The summed E-state index contributed by atoms with van der Waals surface area (Å²) in [5.41, 5.74) is 0. The third-order valence-corrected chi connectivity index (χ3v) is 5.65. The number of hydrogen-bond donors (Lipinski definition) is 1. The minimum absolute atomic E-state index is 0. The summed E-state index contributed by atoms with van der Waals surface area (Å²) >= 11 is 0. The molecular formula is C19H36IN3O2. The van der Waals surface area contributed by atoms with E-state index in [1.807, 2.05) is 0 Å². The Morgan fingerprint density at radius 3 is 2.68 bits per heavy atom. The summed E-state index contributed by atoms with van der Waals surface area (Å²) in [4.78, 5) is 7.37. The minimum atomic E-state index is 0. The van der Waals surface area contributed by atoms with Crippen LogP contribution in [0.3, 0.4) is 0 Å². The molecule has 3 rings (SSSR count). The molecule has 3 aliphatic rings. The van der Waals surface area contributed by atoms with E-state index in [0.29, 0.717) is 0 Å². The van der Waals surface area contributed by atoms with Crippen LogP contribution >= 0.6 is 24.0 Å². The SMILES string of the molecule is CCNC(=NCC1CCCC(C)C1)N1CCOC(C2CCCO2)C1.I. The molecule has 25 heavy (non-hydrogen) atoms. The second-order valence-corrected chi connectivity index (χ2v) is 7.74. The van der Waals surface area contributed by atoms with Gasteiger partial charge in [-0.2, -0.15) is 0 Å². The van der Waals surface area contributed by atoms with Crippen molar-refractivity contribution in [3.05, 3.63) is 0 Å². The van der Waals surface area contributed by atoms with Crippen molar-refractivity contribution >= 4 is 29.9 Å². The molecule has 0 aromatic carbocycles. The second-order valence-electron chi connectivity index (χ2n) is 7.74. The van der Waals surface area contributed by atoms with Crippen LogP contribution in [-0.4, -0.2) is 62.5 Å². The lowest BCUT2D eigenvalue weighted by molar-refractivity contribution is -0.0817. The molecule has 1 saturated carbocycles. The molecule has 1 N–H and O–H groups in total. The van der Waals surface area contributed by atoms with Crippen molar-refractivity contribution in [2.45, 2.75) is 64.6 Å². The van der Waals surface area contributed by atoms with Crippen LogP contribution in [-0.2, 0) is 9.47 Å². The predicted molar refractivity (Wildman–Crippen MR) is 113 cm³/mol. The molecule has 0 aromatic heterocycles. The first-order valence-electron chi connectivity index (χ1n) is 10.0. The summed E-state index contributed by atoms with van der Waals surface area (Å²) in [6, 6.07) is 0. The number of rotatable bonds is 4. The average molecular weight is 465 g/mol. The zero-order valence-corrected chi connectivity index (χ0v) is 18.2. The zero-order chi connectivity index (χ0) is 16.8. The fraction of sp³-hybridized carbons (Fsp3) is 0.947.